The van der Waals surface area contributed by atoms with E-state index in [-0.39, 0.29) is 10.2 Å². The van der Waals surface area contributed by atoms with Gasteiger partial charge in [-0.05, 0) is 32.8 Å². The predicted molar refractivity (Wildman–Crippen MR) is 75.7 cm³/mol. The molecule has 0 radical (unpaired) electrons. The highest BCUT2D eigenvalue weighted by atomic mass is 16.3. The summed E-state index contributed by atoms with van der Waals surface area (Å²) in [5.74, 6) is 0. The van der Waals surface area contributed by atoms with Crippen molar-refractivity contribution in [1.82, 2.24) is 19.1 Å². The number of aliphatic hydroxyl groups is 1. The molecule has 2 heterocycles. The highest BCUT2D eigenvalue weighted by molar-refractivity contribution is 5.68. The van der Waals surface area contributed by atoms with E-state index in [1.54, 1.807) is 0 Å². The highest BCUT2D eigenvalue weighted by Crippen LogP contribution is 2.12. The zero-order valence-electron chi connectivity index (χ0n) is 24.2. The Hall–Kier alpha value is -1.89. The fourth-order valence-corrected chi connectivity index (χ4v) is 1.44. The lowest BCUT2D eigenvalue weighted by atomic mass is 10.0. The molecule has 0 aromatic carbocycles. The lowest BCUT2D eigenvalue weighted by molar-refractivity contribution is 0.0678. The average Bonchev–Trinajstić information content (AvgIpc) is 3.13. The van der Waals surface area contributed by atoms with Gasteiger partial charge in [0.15, 0.2) is 5.65 Å². The van der Waals surface area contributed by atoms with E-state index in [9.17, 15) is 14.7 Å². The quantitative estimate of drug-likeness (QED) is 0.833. The maximum absolute atomic E-state index is 12.8. The van der Waals surface area contributed by atoms with Gasteiger partial charge >= 0.3 is 5.69 Å². The van der Waals surface area contributed by atoms with Crippen molar-refractivity contribution in [2.75, 3.05) is 0 Å². The van der Waals surface area contributed by atoms with Gasteiger partial charge in [0.2, 0.25) is 0 Å². The molecular formula is C13H20N4O3. The lowest BCUT2D eigenvalue weighted by Crippen LogP contribution is -2.39. The van der Waals surface area contributed by atoms with Gasteiger partial charge < -0.3 is 10.1 Å². The van der Waals surface area contributed by atoms with Crippen LogP contribution in [0.3, 0.4) is 0 Å². The number of nitrogens with one attached hydrogen (secondary N) is 1. The van der Waals surface area contributed by atoms with Crippen molar-refractivity contribution in [1.29, 1.82) is 0 Å². The standard InChI is InChI=1S/C13H20N4O3/c1-13(2,20)6-4-5-7-17-11(18)9-10(15-8-14-9)16(3)12(17)19/h8,20H,4-7H2,1-3H3,(H,14,15)/i1D3,2D3,4D2,5D2,6D2,7D2. The fourth-order valence-electron chi connectivity index (χ4n) is 1.44. The second-order valence-electron chi connectivity index (χ2n) is 3.78. The van der Waals surface area contributed by atoms with E-state index >= 15 is 0 Å². The van der Waals surface area contributed by atoms with Crippen molar-refractivity contribution in [2.24, 2.45) is 7.05 Å². The summed E-state index contributed by atoms with van der Waals surface area (Å²) in [6, 6.07) is 0. The van der Waals surface area contributed by atoms with Gasteiger partial charge in [0, 0.05) is 30.0 Å². The molecule has 2 rings (SSSR count). The summed E-state index contributed by atoms with van der Waals surface area (Å²) in [7, 11) is 1.03. The van der Waals surface area contributed by atoms with Gasteiger partial charge in [-0.3, -0.25) is 13.9 Å². The lowest BCUT2D eigenvalue weighted by Gasteiger charge is -2.16. The highest BCUT2D eigenvalue weighted by Gasteiger charge is 2.14. The number of rotatable bonds is 5. The summed E-state index contributed by atoms with van der Waals surface area (Å²) in [5.41, 5.74) is -8.34. The van der Waals surface area contributed by atoms with E-state index in [1.165, 1.54) is 0 Å². The topological polar surface area (TPSA) is 92.9 Å². The molecule has 0 atom stereocenters. The summed E-state index contributed by atoms with van der Waals surface area (Å²) in [5, 5.41) is 10.5. The average molecular weight is 294 g/mol. The number of aryl methyl sites for hydroxylation is 1. The molecule has 110 valence electrons. The zero-order valence-corrected chi connectivity index (χ0v) is 10.2. The summed E-state index contributed by atoms with van der Waals surface area (Å²) in [4.78, 5) is 31.5. The Morgan fingerprint density at radius 3 is 2.95 bits per heavy atom. The number of hydrogen-bond acceptors (Lipinski definition) is 4. The molecule has 7 nitrogen and oxygen atoms in total. The Bertz CT molecular complexity index is 1200. The molecule has 2 N–H and O–H groups in total. The number of fused-ring (bicyclic) bond motifs is 1. The summed E-state index contributed by atoms with van der Waals surface area (Å²) >= 11 is 0. The molecule has 0 amide bonds. The number of aromatic nitrogens is 4. The van der Waals surface area contributed by atoms with Crippen LogP contribution >= 0.6 is 0 Å². The second-order valence-corrected chi connectivity index (χ2v) is 3.78. The van der Waals surface area contributed by atoms with E-state index in [4.69, 9.17) is 19.2 Å². The normalized spacial score (nSPS) is 26.7. The van der Waals surface area contributed by atoms with Crippen molar-refractivity contribution in [3.8, 4) is 0 Å². The first-order valence-electron chi connectivity index (χ1n) is 12.2. The van der Waals surface area contributed by atoms with E-state index in [0.29, 0.717) is 4.57 Å². The molecule has 2 aromatic heterocycles. The van der Waals surface area contributed by atoms with Gasteiger partial charge in [0.1, 0.15) is 5.52 Å². The molecule has 0 aliphatic rings. The first kappa shape index (κ1) is 4.84. The van der Waals surface area contributed by atoms with Crippen molar-refractivity contribution in [2.45, 2.75) is 44.9 Å². The third-order valence-corrected chi connectivity index (χ3v) is 2.31. The molecule has 0 spiro atoms. The van der Waals surface area contributed by atoms with E-state index < -0.39 is 61.7 Å². The minimum atomic E-state index is -4.54. The minimum absolute atomic E-state index is 0.264. The molecule has 0 fully saturated rings. The van der Waals surface area contributed by atoms with Gasteiger partial charge in [-0.25, -0.2) is 9.78 Å². The molecule has 0 saturated heterocycles. The third-order valence-electron chi connectivity index (χ3n) is 2.31. The molecule has 0 aliphatic carbocycles. The molecule has 0 aliphatic heterocycles. The van der Waals surface area contributed by atoms with Crippen LogP contribution < -0.4 is 11.2 Å². The number of nitrogens with zero attached hydrogens (tertiary/aromatic N) is 3. The van der Waals surface area contributed by atoms with Crippen LogP contribution in [-0.2, 0) is 13.5 Å². The molecular weight excluding hydrogens is 260 g/mol. The van der Waals surface area contributed by atoms with Crippen molar-refractivity contribution >= 4 is 11.2 Å². The minimum Gasteiger partial charge on any atom is -0.390 e. The molecule has 0 bridgehead atoms. The van der Waals surface area contributed by atoms with Crippen LogP contribution in [0.15, 0.2) is 15.9 Å². The van der Waals surface area contributed by atoms with Gasteiger partial charge in [-0.2, -0.15) is 0 Å². The molecule has 0 saturated carbocycles. The van der Waals surface area contributed by atoms with Gasteiger partial charge in [0.25, 0.3) is 5.56 Å². The maximum Gasteiger partial charge on any atom is 0.332 e. The molecule has 2 aromatic rings. The summed E-state index contributed by atoms with van der Waals surface area (Å²) in [6.07, 6.45) is -12.4. The second kappa shape index (κ2) is 5.24. The number of imidazole rings is 1. The van der Waals surface area contributed by atoms with E-state index in [2.05, 4.69) is 9.97 Å². The van der Waals surface area contributed by atoms with Crippen molar-refractivity contribution in [3.63, 3.8) is 0 Å². The number of H-pyrrole nitrogens is 1. The number of aromatic amines is 1. The van der Waals surface area contributed by atoms with Crippen molar-refractivity contribution in [3.05, 3.63) is 27.2 Å². The van der Waals surface area contributed by atoms with E-state index in [1.807, 2.05) is 0 Å². The summed E-state index contributed by atoms with van der Waals surface area (Å²) in [6.45, 7) is -12.4. The van der Waals surface area contributed by atoms with Crippen LogP contribution in [0.25, 0.3) is 11.2 Å². The Balaban J connectivity index is 2.91. The fraction of sp³-hybridized carbons (Fsp3) is 0.615. The smallest absolute Gasteiger partial charge is 0.332 e. The Labute approximate surface area is 135 Å². The maximum atomic E-state index is 12.8. The zero-order chi connectivity index (χ0) is 27.1. The van der Waals surface area contributed by atoms with Gasteiger partial charge in [0.05, 0.1) is 14.7 Å². The Morgan fingerprint density at radius 2 is 2.25 bits per heavy atom. The van der Waals surface area contributed by atoms with Crippen LogP contribution in [0.5, 0.6) is 0 Å². The van der Waals surface area contributed by atoms with Crippen LogP contribution in [-0.4, -0.2) is 29.8 Å². The van der Waals surface area contributed by atoms with Gasteiger partial charge in [-0.1, -0.05) is 0 Å². The van der Waals surface area contributed by atoms with Crippen LogP contribution in [0.1, 0.15) is 52.0 Å². The SMILES string of the molecule is [2H]C([2H])([2H])C(O)(C([2H])([2H])[2H])C([2H])([2H])C([2H])([2H])C([2H])([2H])C([2H])([2H])n1c(=O)c2[nH]cnc2n(C)c1=O. The monoisotopic (exact) mass is 294 g/mol. The molecule has 20 heavy (non-hydrogen) atoms. The van der Waals surface area contributed by atoms with Crippen LogP contribution in [0, 0.1) is 0 Å². The Kier molecular flexibility index (Phi) is 1.27. The molecule has 0 unspecified atom stereocenters. The van der Waals surface area contributed by atoms with E-state index in [0.717, 1.165) is 13.4 Å². The largest absolute Gasteiger partial charge is 0.390 e. The predicted octanol–water partition coefficient (Wildman–Crippen LogP) is 0.364. The first-order chi connectivity index (χ1) is 14.8. The number of hydrogen-bond donors (Lipinski definition) is 2. The Morgan fingerprint density at radius 1 is 1.50 bits per heavy atom. The summed E-state index contributed by atoms with van der Waals surface area (Å²) < 4.78 is 109. The molecule has 7 heteroatoms. The van der Waals surface area contributed by atoms with Crippen LogP contribution in [0.2, 0.25) is 0 Å². The first-order valence-corrected chi connectivity index (χ1v) is 5.22. The van der Waals surface area contributed by atoms with Crippen LogP contribution in [0.4, 0.5) is 0 Å². The van der Waals surface area contributed by atoms with Crippen molar-refractivity contribution < 1.29 is 24.3 Å². The third kappa shape index (κ3) is 2.82. The van der Waals surface area contributed by atoms with Gasteiger partial charge in [-0.15, -0.1) is 0 Å².